The SMILES string of the molecule is O=C(CSCc1cccc(Cl)c1)NCC1(c2cccc(F)c2)CCOCC1. The molecular weight excluding hydrogens is 385 g/mol. The number of hydrogen-bond donors (Lipinski definition) is 1. The van der Waals surface area contributed by atoms with E-state index in [0.29, 0.717) is 30.5 Å². The van der Waals surface area contributed by atoms with E-state index in [1.54, 1.807) is 23.9 Å². The summed E-state index contributed by atoms with van der Waals surface area (Å²) in [6.07, 6.45) is 1.54. The molecule has 1 aliphatic rings. The van der Waals surface area contributed by atoms with Gasteiger partial charge in [0.2, 0.25) is 5.91 Å². The highest BCUT2D eigenvalue weighted by atomic mass is 35.5. The minimum Gasteiger partial charge on any atom is -0.381 e. The summed E-state index contributed by atoms with van der Waals surface area (Å²) in [7, 11) is 0. The van der Waals surface area contributed by atoms with E-state index in [2.05, 4.69) is 5.32 Å². The molecule has 0 saturated carbocycles. The molecule has 1 aliphatic heterocycles. The Balaban J connectivity index is 1.54. The van der Waals surface area contributed by atoms with Crippen LogP contribution in [0.2, 0.25) is 5.02 Å². The van der Waals surface area contributed by atoms with Gasteiger partial charge in [0.05, 0.1) is 5.75 Å². The Morgan fingerprint density at radius 2 is 1.96 bits per heavy atom. The van der Waals surface area contributed by atoms with Crippen molar-refractivity contribution in [2.24, 2.45) is 0 Å². The molecule has 0 aliphatic carbocycles. The van der Waals surface area contributed by atoms with Gasteiger partial charge in [0, 0.05) is 35.9 Å². The van der Waals surface area contributed by atoms with E-state index in [4.69, 9.17) is 16.3 Å². The summed E-state index contributed by atoms with van der Waals surface area (Å²) in [5.74, 6) is 0.852. The molecule has 0 atom stereocenters. The smallest absolute Gasteiger partial charge is 0.230 e. The number of ether oxygens (including phenoxy) is 1. The summed E-state index contributed by atoms with van der Waals surface area (Å²) < 4.78 is 19.2. The van der Waals surface area contributed by atoms with E-state index in [1.165, 1.54) is 6.07 Å². The first-order valence-electron chi connectivity index (χ1n) is 9.00. The molecule has 1 N–H and O–H groups in total. The van der Waals surface area contributed by atoms with Crippen LogP contribution in [0.25, 0.3) is 0 Å². The molecular formula is C21H23ClFNO2S. The van der Waals surface area contributed by atoms with E-state index >= 15 is 0 Å². The zero-order chi connectivity index (χ0) is 19.1. The van der Waals surface area contributed by atoms with Gasteiger partial charge in [-0.15, -0.1) is 11.8 Å². The molecule has 1 heterocycles. The third-order valence-corrected chi connectivity index (χ3v) is 6.14. The Morgan fingerprint density at radius 3 is 2.70 bits per heavy atom. The number of nitrogens with one attached hydrogen (secondary N) is 1. The molecule has 1 amide bonds. The summed E-state index contributed by atoms with van der Waals surface area (Å²) >= 11 is 7.53. The fourth-order valence-corrected chi connectivity index (χ4v) is 4.37. The average molecular weight is 408 g/mol. The van der Waals surface area contributed by atoms with Crippen molar-refractivity contribution in [3.63, 3.8) is 0 Å². The molecule has 0 bridgehead atoms. The second-order valence-electron chi connectivity index (χ2n) is 6.80. The maximum Gasteiger partial charge on any atom is 0.230 e. The monoisotopic (exact) mass is 407 g/mol. The van der Waals surface area contributed by atoms with Crippen molar-refractivity contribution in [3.8, 4) is 0 Å². The third-order valence-electron chi connectivity index (χ3n) is 4.90. The van der Waals surface area contributed by atoms with Crippen molar-refractivity contribution >= 4 is 29.3 Å². The highest BCUT2D eigenvalue weighted by Gasteiger charge is 2.35. The van der Waals surface area contributed by atoms with Crippen LogP contribution in [0.15, 0.2) is 48.5 Å². The van der Waals surface area contributed by atoms with Crippen LogP contribution in [0.5, 0.6) is 0 Å². The Bertz CT molecular complexity index is 780. The fraction of sp³-hybridized carbons (Fsp3) is 0.381. The van der Waals surface area contributed by atoms with Gasteiger partial charge in [-0.1, -0.05) is 35.9 Å². The molecule has 3 rings (SSSR count). The lowest BCUT2D eigenvalue weighted by Crippen LogP contribution is -2.45. The number of carbonyl (C=O) groups excluding carboxylic acids is 1. The molecule has 0 spiro atoms. The van der Waals surface area contributed by atoms with Crippen LogP contribution in [0.4, 0.5) is 4.39 Å². The second kappa shape index (κ2) is 9.58. The lowest BCUT2D eigenvalue weighted by Gasteiger charge is -2.38. The summed E-state index contributed by atoms with van der Waals surface area (Å²) in [4.78, 5) is 12.3. The van der Waals surface area contributed by atoms with E-state index in [-0.39, 0.29) is 17.1 Å². The van der Waals surface area contributed by atoms with E-state index in [1.807, 2.05) is 30.3 Å². The molecule has 3 nitrogen and oxygen atoms in total. The van der Waals surface area contributed by atoms with Gasteiger partial charge in [-0.3, -0.25) is 4.79 Å². The summed E-state index contributed by atoms with van der Waals surface area (Å²) in [5, 5.41) is 3.75. The van der Waals surface area contributed by atoms with Gasteiger partial charge < -0.3 is 10.1 Å². The average Bonchev–Trinajstić information content (AvgIpc) is 2.67. The zero-order valence-electron chi connectivity index (χ0n) is 15.0. The van der Waals surface area contributed by atoms with Gasteiger partial charge >= 0.3 is 0 Å². The Morgan fingerprint density at radius 1 is 1.19 bits per heavy atom. The molecule has 2 aromatic rings. The maximum absolute atomic E-state index is 13.7. The molecule has 1 saturated heterocycles. The third kappa shape index (κ3) is 5.71. The number of benzene rings is 2. The Kier molecular flexibility index (Phi) is 7.16. The minimum atomic E-state index is -0.270. The van der Waals surface area contributed by atoms with Crippen molar-refractivity contribution in [2.75, 3.05) is 25.5 Å². The van der Waals surface area contributed by atoms with Gasteiger partial charge in [0.25, 0.3) is 0 Å². The predicted molar refractivity (Wildman–Crippen MR) is 109 cm³/mol. The fourth-order valence-electron chi connectivity index (χ4n) is 3.36. The molecule has 0 radical (unpaired) electrons. The lowest BCUT2D eigenvalue weighted by atomic mass is 9.74. The van der Waals surface area contributed by atoms with E-state index in [0.717, 1.165) is 29.7 Å². The molecule has 2 aromatic carbocycles. The van der Waals surface area contributed by atoms with Crippen molar-refractivity contribution < 1.29 is 13.9 Å². The number of thioether (sulfide) groups is 1. The molecule has 6 heteroatoms. The molecule has 1 fully saturated rings. The van der Waals surface area contributed by atoms with Crippen LogP contribution < -0.4 is 5.32 Å². The van der Waals surface area contributed by atoms with Crippen molar-refractivity contribution in [1.82, 2.24) is 5.32 Å². The highest BCUT2D eigenvalue weighted by molar-refractivity contribution is 7.99. The quantitative estimate of drug-likeness (QED) is 0.730. The topological polar surface area (TPSA) is 38.3 Å². The number of halogens is 2. The summed E-state index contributed by atoms with van der Waals surface area (Å²) in [6, 6.07) is 14.3. The largest absolute Gasteiger partial charge is 0.381 e. The van der Waals surface area contributed by atoms with Gasteiger partial charge in [-0.05, 0) is 48.2 Å². The molecule has 27 heavy (non-hydrogen) atoms. The zero-order valence-corrected chi connectivity index (χ0v) is 16.6. The minimum absolute atomic E-state index is 0.00991. The first-order chi connectivity index (χ1) is 13.1. The number of amides is 1. The maximum atomic E-state index is 13.7. The molecule has 144 valence electrons. The number of rotatable bonds is 7. The highest BCUT2D eigenvalue weighted by Crippen LogP contribution is 2.34. The van der Waals surface area contributed by atoms with Crippen LogP contribution in [0.1, 0.15) is 24.0 Å². The first-order valence-corrected chi connectivity index (χ1v) is 10.5. The van der Waals surface area contributed by atoms with E-state index < -0.39 is 0 Å². The van der Waals surface area contributed by atoms with Crippen LogP contribution in [-0.4, -0.2) is 31.4 Å². The van der Waals surface area contributed by atoms with Crippen LogP contribution in [-0.2, 0) is 20.7 Å². The van der Waals surface area contributed by atoms with Crippen molar-refractivity contribution in [1.29, 1.82) is 0 Å². The Hall–Kier alpha value is -1.56. The van der Waals surface area contributed by atoms with E-state index in [9.17, 15) is 9.18 Å². The summed E-state index contributed by atoms with van der Waals surface area (Å²) in [6.45, 7) is 1.74. The van der Waals surface area contributed by atoms with Crippen molar-refractivity contribution in [3.05, 3.63) is 70.5 Å². The van der Waals surface area contributed by atoms with Crippen LogP contribution in [0, 0.1) is 5.82 Å². The standard InChI is InChI=1S/C21H23ClFNO2S/c22-18-5-1-3-16(11-18)13-27-14-20(25)24-15-21(7-9-26-10-8-21)17-4-2-6-19(23)12-17/h1-6,11-12H,7-10,13-15H2,(H,24,25). The van der Waals surface area contributed by atoms with Crippen LogP contribution >= 0.6 is 23.4 Å². The molecule has 0 unspecified atom stereocenters. The first kappa shape index (κ1) is 20.2. The Labute approximate surface area is 168 Å². The van der Waals surface area contributed by atoms with Crippen molar-refractivity contribution in [2.45, 2.75) is 24.0 Å². The summed E-state index contributed by atoms with van der Waals surface area (Å²) in [5.41, 5.74) is 1.76. The molecule has 0 aromatic heterocycles. The van der Waals surface area contributed by atoms with Gasteiger partial charge in [0.1, 0.15) is 5.82 Å². The van der Waals surface area contributed by atoms with Gasteiger partial charge in [-0.2, -0.15) is 0 Å². The number of carbonyl (C=O) groups is 1. The van der Waals surface area contributed by atoms with Gasteiger partial charge in [-0.25, -0.2) is 4.39 Å². The van der Waals surface area contributed by atoms with Crippen LogP contribution in [0.3, 0.4) is 0 Å². The second-order valence-corrected chi connectivity index (χ2v) is 8.22. The number of hydrogen-bond acceptors (Lipinski definition) is 3. The predicted octanol–water partition coefficient (Wildman–Crippen LogP) is 4.58. The lowest BCUT2D eigenvalue weighted by molar-refractivity contribution is -0.119. The normalized spacial score (nSPS) is 16.1. The van der Waals surface area contributed by atoms with Gasteiger partial charge in [0.15, 0.2) is 0 Å².